The minimum atomic E-state index is -0.638. The van der Waals surface area contributed by atoms with Gasteiger partial charge in [0.15, 0.2) is 0 Å². The molecule has 1 aliphatic rings. The van der Waals surface area contributed by atoms with Crippen molar-refractivity contribution >= 4 is 18.2 Å². The standard InChI is InChI=1S/C17H28N2O6/c1-12(2)15(20)24-11-13(19-17(22)23-3)9-10-18-16(21)25-14-7-5-4-6-8-14/h13-14H,1,4-11H2,2-3H3,(H,18,21)(H,19,22). The first kappa shape index (κ1) is 20.8. The van der Waals surface area contributed by atoms with E-state index in [1.165, 1.54) is 20.5 Å². The van der Waals surface area contributed by atoms with E-state index in [4.69, 9.17) is 9.47 Å². The zero-order valence-corrected chi connectivity index (χ0v) is 15.0. The fourth-order valence-electron chi connectivity index (χ4n) is 2.45. The average molecular weight is 356 g/mol. The van der Waals surface area contributed by atoms with E-state index in [1.807, 2.05) is 0 Å². The average Bonchev–Trinajstić information content (AvgIpc) is 2.59. The summed E-state index contributed by atoms with van der Waals surface area (Å²) in [6.07, 6.45) is 4.38. The van der Waals surface area contributed by atoms with E-state index >= 15 is 0 Å². The van der Waals surface area contributed by atoms with E-state index in [0.29, 0.717) is 6.42 Å². The molecule has 0 spiro atoms. The van der Waals surface area contributed by atoms with Crippen molar-refractivity contribution in [2.24, 2.45) is 0 Å². The quantitative estimate of drug-likeness (QED) is 0.393. The summed E-state index contributed by atoms with van der Waals surface area (Å²) in [5, 5.41) is 5.21. The Morgan fingerprint density at radius 3 is 2.44 bits per heavy atom. The number of hydrogen-bond donors (Lipinski definition) is 2. The summed E-state index contributed by atoms with van der Waals surface area (Å²) in [5.74, 6) is -0.540. The predicted molar refractivity (Wildman–Crippen MR) is 91.1 cm³/mol. The number of methoxy groups -OCH3 is 1. The van der Waals surface area contributed by atoms with E-state index in [-0.39, 0.29) is 24.8 Å². The third-order valence-corrected chi connectivity index (χ3v) is 3.86. The summed E-state index contributed by atoms with van der Waals surface area (Å²) in [6.45, 7) is 5.25. The van der Waals surface area contributed by atoms with Crippen LogP contribution >= 0.6 is 0 Å². The van der Waals surface area contributed by atoms with Crippen molar-refractivity contribution in [1.82, 2.24) is 10.6 Å². The van der Waals surface area contributed by atoms with Crippen LogP contribution in [-0.2, 0) is 19.0 Å². The van der Waals surface area contributed by atoms with Crippen molar-refractivity contribution in [2.75, 3.05) is 20.3 Å². The molecule has 0 aromatic heterocycles. The molecule has 0 aromatic rings. The van der Waals surface area contributed by atoms with Crippen molar-refractivity contribution in [3.8, 4) is 0 Å². The molecule has 0 heterocycles. The maximum absolute atomic E-state index is 11.8. The first-order valence-electron chi connectivity index (χ1n) is 8.54. The summed E-state index contributed by atoms with van der Waals surface area (Å²) in [6, 6.07) is -0.495. The van der Waals surface area contributed by atoms with Gasteiger partial charge in [0.05, 0.1) is 13.2 Å². The smallest absolute Gasteiger partial charge is 0.407 e. The van der Waals surface area contributed by atoms with Crippen molar-refractivity contribution in [2.45, 2.75) is 57.6 Å². The zero-order valence-electron chi connectivity index (χ0n) is 15.0. The largest absolute Gasteiger partial charge is 0.460 e. The molecule has 0 aromatic carbocycles. The molecule has 8 nitrogen and oxygen atoms in total. The number of carbonyl (C=O) groups excluding carboxylic acids is 3. The first-order valence-corrected chi connectivity index (χ1v) is 8.54. The van der Waals surface area contributed by atoms with Gasteiger partial charge in [-0.1, -0.05) is 13.0 Å². The molecule has 0 aliphatic heterocycles. The van der Waals surface area contributed by atoms with E-state index in [9.17, 15) is 14.4 Å². The van der Waals surface area contributed by atoms with Crippen molar-refractivity contribution in [3.63, 3.8) is 0 Å². The third-order valence-electron chi connectivity index (χ3n) is 3.86. The number of rotatable bonds is 8. The molecule has 142 valence electrons. The maximum atomic E-state index is 11.8. The minimum Gasteiger partial charge on any atom is -0.460 e. The van der Waals surface area contributed by atoms with Crippen molar-refractivity contribution < 1.29 is 28.6 Å². The van der Waals surface area contributed by atoms with Gasteiger partial charge < -0.3 is 24.8 Å². The molecule has 2 amide bonds. The Hall–Kier alpha value is -2.25. The van der Waals surface area contributed by atoms with Crippen molar-refractivity contribution in [1.29, 1.82) is 0 Å². The number of alkyl carbamates (subject to hydrolysis) is 2. The highest BCUT2D eigenvalue weighted by Crippen LogP contribution is 2.20. The Balaban J connectivity index is 2.34. The fourth-order valence-corrected chi connectivity index (χ4v) is 2.45. The molecule has 0 bridgehead atoms. The number of ether oxygens (including phenoxy) is 3. The van der Waals surface area contributed by atoms with Gasteiger partial charge in [0.1, 0.15) is 12.7 Å². The van der Waals surface area contributed by atoms with Crippen LogP contribution in [0.5, 0.6) is 0 Å². The molecule has 1 rings (SSSR count). The molecule has 0 radical (unpaired) electrons. The van der Waals surface area contributed by atoms with E-state index in [0.717, 1.165) is 25.7 Å². The zero-order chi connectivity index (χ0) is 18.7. The van der Waals surface area contributed by atoms with E-state index in [2.05, 4.69) is 21.9 Å². The Bertz CT molecular complexity index is 474. The number of hydrogen-bond acceptors (Lipinski definition) is 6. The molecule has 1 saturated carbocycles. The molecule has 1 atom stereocenters. The maximum Gasteiger partial charge on any atom is 0.407 e. The van der Waals surface area contributed by atoms with Gasteiger partial charge in [0, 0.05) is 12.1 Å². The van der Waals surface area contributed by atoms with Crippen LogP contribution in [0.3, 0.4) is 0 Å². The van der Waals surface area contributed by atoms with Gasteiger partial charge in [-0.25, -0.2) is 14.4 Å². The SMILES string of the molecule is C=C(C)C(=O)OCC(CCNC(=O)OC1CCCCC1)NC(=O)OC. The lowest BCUT2D eigenvalue weighted by molar-refractivity contribution is -0.139. The van der Waals surface area contributed by atoms with Crippen molar-refractivity contribution in [3.05, 3.63) is 12.2 Å². The van der Waals surface area contributed by atoms with Crippen LogP contribution in [-0.4, -0.2) is 50.6 Å². The molecule has 1 fully saturated rings. The van der Waals surface area contributed by atoms with Gasteiger partial charge in [0.25, 0.3) is 0 Å². The Morgan fingerprint density at radius 1 is 1.16 bits per heavy atom. The third kappa shape index (κ3) is 8.97. The van der Waals surface area contributed by atoms with Crippen LogP contribution in [0.15, 0.2) is 12.2 Å². The minimum absolute atomic E-state index is 0.0192. The van der Waals surface area contributed by atoms with Crippen LogP contribution in [0.1, 0.15) is 45.4 Å². The topological polar surface area (TPSA) is 103 Å². The summed E-state index contributed by atoms with van der Waals surface area (Å²) < 4.78 is 14.9. The van der Waals surface area contributed by atoms with Gasteiger partial charge in [-0.3, -0.25) is 0 Å². The Kier molecular flexibility index (Phi) is 9.42. The second-order valence-electron chi connectivity index (χ2n) is 6.09. The number of nitrogens with one attached hydrogen (secondary N) is 2. The summed E-state index contributed by atoms with van der Waals surface area (Å²) in [7, 11) is 1.24. The summed E-state index contributed by atoms with van der Waals surface area (Å²) in [4.78, 5) is 34.6. The molecule has 1 aliphatic carbocycles. The van der Waals surface area contributed by atoms with Gasteiger partial charge >= 0.3 is 18.2 Å². The summed E-state index contributed by atoms with van der Waals surface area (Å²) >= 11 is 0. The van der Waals surface area contributed by atoms with E-state index < -0.39 is 24.2 Å². The Morgan fingerprint density at radius 2 is 1.84 bits per heavy atom. The lowest BCUT2D eigenvalue weighted by atomic mass is 9.98. The molecule has 1 unspecified atom stereocenters. The monoisotopic (exact) mass is 356 g/mol. The van der Waals surface area contributed by atoms with Crippen LogP contribution in [0.2, 0.25) is 0 Å². The molecule has 25 heavy (non-hydrogen) atoms. The lowest BCUT2D eigenvalue weighted by Gasteiger charge is -2.22. The highest BCUT2D eigenvalue weighted by Gasteiger charge is 2.19. The highest BCUT2D eigenvalue weighted by atomic mass is 16.6. The highest BCUT2D eigenvalue weighted by molar-refractivity contribution is 5.86. The molecule has 0 saturated heterocycles. The van der Waals surface area contributed by atoms with Crippen LogP contribution in [0.4, 0.5) is 9.59 Å². The molecule has 8 heteroatoms. The second kappa shape index (κ2) is 11.3. The lowest BCUT2D eigenvalue weighted by Crippen LogP contribution is -2.41. The Labute approximate surface area is 148 Å². The summed E-state index contributed by atoms with van der Waals surface area (Å²) in [5.41, 5.74) is 0.269. The second-order valence-corrected chi connectivity index (χ2v) is 6.09. The van der Waals surface area contributed by atoms with Gasteiger partial charge in [-0.2, -0.15) is 0 Å². The number of esters is 1. The predicted octanol–water partition coefficient (Wildman–Crippen LogP) is 2.28. The normalized spacial score (nSPS) is 15.6. The van der Waals surface area contributed by atoms with Gasteiger partial charge in [-0.05, 0) is 39.0 Å². The van der Waals surface area contributed by atoms with Crippen LogP contribution in [0.25, 0.3) is 0 Å². The van der Waals surface area contributed by atoms with Crippen LogP contribution < -0.4 is 10.6 Å². The van der Waals surface area contributed by atoms with E-state index in [1.54, 1.807) is 0 Å². The fraction of sp³-hybridized carbons (Fsp3) is 0.706. The molecular weight excluding hydrogens is 328 g/mol. The van der Waals surface area contributed by atoms with Crippen LogP contribution in [0, 0.1) is 0 Å². The number of carbonyl (C=O) groups is 3. The first-order chi connectivity index (χ1) is 11.9. The van der Waals surface area contributed by atoms with Gasteiger partial charge in [0.2, 0.25) is 0 Å². The number of amides is 2. The van der Waals surface area contributed by atoms with Gasteiger partial charge in [-0.15, -0.1) is 0 Å². The molecule has 2 N–H and O–H groups in total. The molecular formula is C17H28N2O6.